The molecular weight excluding hydrogens is 470 g/mol. The second-order valence-electron chi connectivity index (χ2n) is 12.3. The quantitative estimate of drug-likeness (QED) is 0.553. The van der Waals surface area contributed by atoms with Gasteiger partial charge < -0.3 is 29.7 Å². The molecule has 2 saturated carbocycles. The number of nitrogens with zero attached hydrogens (tertiary/aromatic N) is 2. The fraction of sp³-hybridized carbons (Fsp3) is 0.724. The van der Waals surface area contributed by atoms with Gasteiger partial charge in [-0.1, -0.05) is 26.0 Å². The first-order valence-corrected chi connectivity index (χ1v) is 13.7. The zero-order valence-corrected chi connectivity index (χ0v) is 23.2. The number of methoxy groups -OCH3 is 2. The second kappa shape index (κ2) is 10.8. The van der Waals surface area contributed by atoms with E-state index in [1.54, 1.807) is 7.11 Å². The number of nitrogens with one attached hydrogen (secondary N) is 1. The van der Waals surface area contributed by atoms with Crippen molar-refractivity contribution in [1.29, 1.82) is 0 Å². The van der Waals surface area contributed by atoms with Gasteiger partial charge in [0, 0.05) is 45.8 Å². The summed E-state index contributed by atoms with van der Waals surface area (Å²) in [5, 5.41) is 14.2. The van der Waals surface area contributed by atoms with Crippen LogP contribution in [0.3, 0.4) is 0 Å². The summed E-state index contributed by atoms with van der Waals surface area (Å²) in [6.45, 7) is 9.35. The molecule has 8 heteroatoms. The highest BCUT2D eigenvalue weighted by Crippen LogP contribution is 2.63. The first-order valence-electron chi connectivity index (χ1n) is 13.7. The maximum atomic E-state index is 13.4. The fourth-order valence-corrected chi connectivity index (χ4v) is 7.39. The predicted octanol–water partition coefficient (Wildman–Crippen LogP) is 3.22. The van der Waals surface area contributed by atoms with Crippen LogP contribution < -0.4 is 15.0 Å². The Bertz CT molecular complexity index is 972. The van der Waals surface area contributed by atoms with Gasteiger partial charge in [0.05, 0.1) is 18.4 Å². The van der Waals surface area contributed by atoms with E-state index in [1.165, 1.54) is 7.11 Å². The average molecular weight is 516 g/mol. The van der Waals surface area contributed by atoms with Crippen molar-refractivity contribution in [3.63, 3.8) is 0 Å². The van der Waals surface area contributed by atoms with Crippen LogP contribution in [0.25, 0.3) is 0 Å². The van der Waals surface area contributed by atoms with Crippen molar-refractivity contribution in [1.82, 2.24) is 10.2 Å². The lowest BCUT2D eigenvalue weighted by Gasteiger charge is -2.51. The maximum absolute atomic E-state index is 13.4. The van der Waals surface area contributed by atoms with Crippen molar-refractivity contribution >= 4 is 17.5 Å². The molecule has 4 rings (SSSR count). The maximum Gasteiger partial charge on any atom is 0.246 e. The summed E-state index contributed by atoms with van der Waals surface area (Å²) >= 11 is 0. The highest BCUT2D eigenvalue weighted by molar-refractivity contribution is 5.78. The number of anilines is 1. The monoisotopic (exact) mass is 515 g/mol. The largest absolute Gasteiger partial charge is 0.495 e. The molecule has 1 aliphatic heterocycles. The zero-order valence-electron chi connectivity index (χ0n) is 23.2. The van der Waals surface area contributed by atoms with Crippen molar-refractivity contribution in [2.45, 2.75) is 70.9 Å². The van der Waals surface area contributed by atoms with Crippen LogP contribution in [-0.2, 0) is 14.3 Å². The number of carbonyl (C=O) groups is 2. The molecule has 206 valence electrons. The van der Waals surface area contributed by atoms with E-state index in [0.717, 1.165) is 43.8 Å². The Balaban J connectivity index is 1.44. The van der Waals surface area contributed by atoms with Gasteiger partial charge in [-0.3, -0.25) is 9.59 Å². The van der Waals surface area contributed by atoms with Crippen LogP contribution in [0, 0.1) is 16.7 Å². The minimum absolute atomic E-state index is 0.0264. The van der Waals surface area contributed by atoms with Crippen LogP contribution in [0.4, 0.5) is 5.69 Å². The van der Waals surface area contributed by atoms with Crippen molar-refractivity contribution in [3.8, 4) is 5.75 Å². The predicted molar refractivity (Wildman–Crippen MR) is 144 cm³/mol. The second-order valence-corrected chi connectivity index (χ2v) is 12.3. The van der Waals surface area contributed by atoms with Gasteiger partial charge in [-0.2, -0.15) is 0 Å². The third-order valence-electron chi connectivity index (χ3n) is 9.31. The van der Waals surface area contributed by atoms with E-state index in [0.29, 0.717) is 32.4 Å². The molecule has 37 heavy (non-hydrogen) atoms. The molecule has 2 aliphatic carbocycles. The molecular formula is C29H45N3O5. The summed E-state index contributed by atoms with van der Waals surface area (Å²) in [6, 6.07) is 7.98. The summed E-state index contributed by atoms with van der Waals surface area (Å²) in [6.07, 6.45) is 4.21. The normalized spacial score (nSPS) is 31.1. The molecule has 1 aromatic carbocycles. The molecule has 1 saturated heterocycles. The molecule has 3 aliphatic rings. The Morgan fingerprint density at radius 3 is 2.43 bits per heavy atom. The molecule has 4 atom stereocenters. The van der Waals surface area contributed by atoms with Gasteiger partial charge in [-0.25, -0.2) is 0 Å². The molecule has 1 heterocycles. The van der Waals surface area contributed by atoms with Crippen LogP contribution >= 0.6 is 0 Å². The standard InChI is InChI=1S/C29H45N3O5/c1-27(2)19-24(30-25(33)20-36-4)29(13-12-28(3,35)18-23(27)29)11-10-26(34)32-16-14-31(15-17-32)21-8-6-7-9-22(21)37-5/h6-9,23-24,35H,10-20H2,1-5H3,(H,30,33)/t23-,24-,28-,29-/m0/s1. The number of piperazine rings is 1. The van der Waals surface area contributed by atoms with Crippen LogP contribution in [0.1, 0.15) is 59.3 Å². The minimum atomic E-state index is -0.713. The van der Waals surface area contributed by atoms with Crippen LogP contribution in [0.15, 0.2) is 24.3 Å². The number of benzene rings is 1. The van der Waals surface area contributed by atoms with Crippen molar-refractivity contribution in [2.24, 2.45) is 16.7 Å². The topological polar surface area (TPSA) is 91.3 Å². The third-order valence-corrected chi connectivity index (χ3v) is 9.31. The number of para-hydroxylation sites is 2. The van der Waals surface area contributed by atoms with Crippen LogP contribution in [0.5, 0.6) is 5.75 Å². The Kier molecular flexibility index (Phi) is 8.10. The number of hydrogen-bond donors (Lipinski definition) is 2. The van der Waals surface area contributed by atoms with Gasteiger partial charge in [0.2, 0.25) is 11.8 Å². The minimum Gasteiger partial charge on any atom is -0.495 e. The Morgan fingerprint density at radius 2 is 1.76 bits per heavy atom. The lowest BCUT2D eigenvalue weighted by atomic mass is 9.57. The highest BCUT2D eigenvalue weighted by atomic mass is 16.5. The molecule has 0 unspecified atom stereocenters. The van der Waals surface area contributed by atoms with E-state index in [1.807, 2.05) is 30.0 Å². The molecule has 0 radical (unpaired) electrons. The van der Waals surface area contributed by atoms with E-state index in [2.05, 4.69) is 30.1 Å². The summed E-state index contributed by atoms with van der Waals surface area (Å²) < 4.78 is 10.6. The van der Waals surface area contributed by atoms with Gasteiger partial charge >= 0.3 is 0 Å². The Morgan fingerprint density at radius 1 is 1.05 bits per heavy atom. The fourth-order valence-electron chi connectivity index (χ4n) is 7.39. The number of hydrogen-bond acceptors (Lipinski definition) is 6. The van der Waals surface area contributed by atoms with Gasteiger partial charge in [0.15, 0.2) is 0 Å². The number of amides is 2. The number of ether oxygens (including phenoxy) is 2. The van der Waals surface area contributed by atoms with Gasteiger partial charge in [-0.05, 0) is 67.9 Å². The molecule has 1 aromatic rings. The van der Waals surface area contributed by atoms with Gasteiger partial charge in [0.25, 0.3) is 0 Å². The summed E-state index contributed by atoms with van der Waals surface area (Å²) in [5.41, 5.74) is 0.106. The van der Waals surface area contributed by atoms with E-state index in [-0.39, 0.29) is 41.2 Å². The first kappa shape index (κ1) is 27.7. The smallest absolute Gasteiger partial charge is 0.246 e. The summed E-state index contributed by atoms with van der Waals surface area (Å²) in [5.74, 6) is 1.15. The van der Waals surface area contributed by atoms with Crippen molar-refractivity contribution < 1.29 is 24.2 Å². The first-order chi connectivity index (χ1) is 17.5. The number of aliphatic hydroxyl groups is 1. The molecule has 0 aromatic heterocycles. The lowest BCUT2D eigenvalue weighted by Crippen LogP contribution is -2.53. The number of carbonyl (C=O) groups excluding carboxylic acids is 2. The summed E-state index contributed by atoms with van der Waals surface area (Å²) in [7, 11) is 3.21. The van der Waals surface area contributed by atoms with E-state index in [4.69, 9.17) is 9.47 Å². The van der Waals surface area contributed by atoms with E-state index in [9.17, 15) is 14.7 Å². The number of fused-ring (bicyclic) bond motifs is 1. The van der Waals surface area contributed by atoms with Gasteiger partial charge in [-0.15, -0.1) is 0 Å². The van der Waals surface area contributed by atoms with Crippen molar-refractivity contribution in [3.05, 3.63) is 24.3 Å². The van der Waals surface area contributed by atoms with Crippen molar-refractivity contribution in [2.75, 3.05) is 51.9 Å². The zero-order chi connectivity index (χ0) is 26.8. The molecule has 0 spiro atoms. The SMILES string of the molecule is COCC(=O)N[C@H]1CC(C)(C)[C@@H]2C[C@@](C)(O)CC[C@]12CCC(=O)N1CCN(c2ccccc2OC)CC1. The van der Waals surface area contributed by atoms with E-state index < -0.39 is 5.60 Å². The number of rotatable bonds is 8. The Hall–Kier alpha value is -2.32. The van der Waals surface area contributed by atoms with Crippen LogP contribution in [-0.4, -0.2) is 80.5 Å². The highest BCUT2D eigenvalue weighted by Gasteiger charge is 2.61. The molecule has 3 fully saturated rings. The Labute approximate surface area is 221 Å². The molecule has 2 N–H and O–H groups in total. The molecule has 0 bridgehead atoms. The van der Waals surface area contributed by atoms with Gasteiger partial charge in [0.1, 0.15) is 12.4 Å². The third kappa shape index (κ3) is 5.75. The van der Waals surface area contributed by atoms with E-state index >= 15 is 0 Å². The lowest BCUT2D eigenvalue weighted by molar-refractivity contribution is -0.134. The molecule has 2 amide bonds. The average Bonchev–Trinajstić information content (AvgIpc) is 3.07. The summed E-state index contributed by atoms with van der Waals surface area (Å²) in [4.78, 5) is 30.3. The van der Waals surface area contributed by atoms with Crippen LogP contribution in [0.2, 0.25) is 0 Å². The molecule has 8 nitrogen and oxygen atoms in total.